The van der Waals surface area contributed by atoms with Crippen molar-refractivity contribution in [3.05, 3.63) is 18.2 Å². The highest BCUT2D eigenvalue weighted by molar-refractivity contribution is 5.02. The first-order valence-electron chi connectivity index (χ1n) is 8.78. The number of hydrogen-bond donors (Lipinski definition) is 1. The van der Waals surface area contributed by atoms with E-state index in [1.165, 1.54) is 44.3 Å². The van der Waals surface area contributed by atoms with Crippen molar-refractivity contribution in [2.45, 2.75) is 78.3 Å². The summed E-state index contributed by atoms with van der Waals surface area (Å²) in [6, 6.07) is 0.556. The van der Waals surface area contributed by atoms with Crippen LogP contribution in [0, 0.1) is 11.3 Å². The monoisotopic (exact) mass is 291 g/mol. The maximum atomic E-state index is 4.63. The molecule has 120 valence electrons. The predicted octanol–water partition coefficient (Wildman–Crippen LogP) is 4.03. The van der Waals surface area contributed by atoms with Crippen LogP contribution in [0.4, 0.5) is 0 Å². The van der Waals surface area contributed by atoms with Crippen LogP contribution in [0.3, 0.4) is 0 Å². The van der Waals surface area contributed by atoms with E-state index in [-0.39, 0.29) is 0 Å². The Balaban J connectivity index is 2.15. The van der Waals surface area contributed by atoms with E-state index >= 15 is 0 Å². The highest BCUT2D eigenvalue weighted by atomic mass is 15.1. The first-order valence-corrected chi connectivity index (χ1v) is 8.78. The van der Waals surface area contributed by atoms with Gasteiger partial charge in [-0.2, -0.15) is 0 Å². The van der Waals surface area contributed by atoms with E-state index < -0.39 is 0 Å². The quantitative estimate of drug-likeness (QED) is 0.783. The molecule has 21 heavy (non-hydrogen) atoms. The lowest BCUT2D eigenvalue weighted by Crippen LogP contribution is -2.45. The van der Waals surface area contributed by atoms with Crippen molar-refractivity contribution in [2.75, 3.05) is 7.05 Å². The number of rotatable bonds is 8. The fourth-order valence-corrected chi connectivity index (χ4v) is 4.37. The van der Waals surface area contributed by atoms with Crippen molar-refractivity contribution in [3.63, 3.8) is 0 Å². The molecule has 0 radical (unpaired) electrons. The zero-order valence-corrected chi connectivity index (χ0v) is 14.4. The SMILES string of the molecule is CCCn1ccnc1CC(NC)C1(CC(C)C)CCCC1. The van der Waals surface area contributed by atoms with Gasteiger partial charge in [0.15, 0.2) is 0 Å². The van der Waals surface area contributed by atoms with E-state index in [1.54, 1.807) is 0 Å². The summed E-state index contributed by atoms with van der Waals surface area (Å²) in [6.45, 7) is 8.05. The summed E-state index contributed by atoms with van der Waals surface area (Å²) in [5, 5.41) is 3.64. The Bertz CT molecular complexity index is 416. The minimum atomic E-state index is 0.478. The van der Waals surface area contributed by atoms with Gasteiger partial charge in [-0.3, -0.25) is 0 Å². The van der Waals surface area contributed by atoms with Gasteiger partial charge in [0.1, 0.15) is 5.82 Å². The zero-order valence-electron chi connectivity index (χ0n) is 14.4. The molecule has 1 aromatic heterocycles. The van der Waals surface area contributed by atoms with E-state index in [0.29, 0.717) is 11.5 Å². The Morgan fingerprint density at radius 1 is 1.33 bits per heavy atom. The van der Waals surface area contributed by atoms with Crippen LogP contribution in [0.1, 0.15) is 65.1 Å². The molecule has 0 bridgehead atoms. The summed E-state index contributed by atoms with van der Waals surface area (Å²) in [5.41, 5.74) is 0.478. The number of hydrogen-bond acceptors (Lipinski definition) is 2. The van der Waals surface area contributed by atoms with Gasteiger partial charge in [0.05, 0.1) is 0 Å². The van der Waals surface area contributed by atoms with E-state index in [0.717, 1.165) is 18.9 Å². The van der Waals surface area contributed by atoms with Crippen molar-refractivity contribution in [1.29, 1.82) is 0 Å². The lowest BCUT2D eigenvalue weighted by Gasteiger charge is -2.39. The van der Waals surface area contributed by atoms with E-state index in [1.807, 2.05) is 6.20 Å². The lowest BCUT2D eigenvalue weighted by atomic mass is 9.71. The number of aryl methyl sites for hydroxylation is 1. The molecule has 1 fully saturated rings. The van der Waals surface area contributed by atoms with Crippen molar-refractivity contribution < 1.29 is 0 Å². The Hall–Kier alpha value is -0.830. The van der Waals surface area contributed by atoms with Crippen LogP contribution >= 0.6 is 0 Å². The lowest BCUT2D eigenvalue weighted by molar-refractivity contribution is 0.158. The highest BCUT2D eigenvalue weighted by Crippen LogP contribution is 2.46. The second kappa shape index (κ2) is 7.44. The third-order valence-electron chi connectivity index (χ3n) is 5.15. The van der Waals surface area contributed by atoms with Gasteiger partial charge in [-0.15, -0.1) is 0 Å². The third-order valence-corrected chi connectivity index (χ3v) is 5.15. The molecule has 1 N–H and O–H groups in total. The van der Waals surface area contributed by atoms with Gasteiger partial charge in [-0.05, 0) is 44.1 Å². The zero-order chi connectivity index (χ0) is 15.3. The topological polar surface area (TPSA) is 29.9 Å². The molecule has 0 aliphatic heterocycles. The number of nitrogens with one attached hydrogen (secondary N) is 1. The summed E-state index contributed by atoms with van der Waals surface area (Å²) in [6.07, 6.45) is 13.2. The molecule has 1 aliphatic carbocycles. The summed E-state index contributed by atoms with van der Waals surface area (Å²) in [4.78, 5) is 4.63. The smallest absolute Gasteiger partial charge is 0.110 e. The van der Waals surface area contributed by atoms with Crippen LogP contribution in [0.25, 0.3) is 0 Å². The van der Waals surface area contributed by atoms with Crippen molar-refractivity contribution in [1.82, 2.24) is 14.9 Å². The van der Waals surface area contributed by atoms with Crippen LogP contribution in [-0.4, -0.2) is 22.6 Å². The van der Waals surface area contributed by atoms with Gasteiger partial charge in [-0.1, -0.05) is 33.6 Å². The molecule has 2 rings (SSSR count). The van der Waals surface area contributed by atoms with Gasteiger partial charge in [-0.25, -0.2) is 4.98 Å². The molecular weight excluding hydrogens is 258 g/mol. The number of likely N-dealkylation sites (N-methyl/N-ethyl adjacent to an activating group) is 1. The largest absolute Gasteiger partial charge is 0.335 e. The van der Waals surface area contributed by atoms with Gasteiger partial charge < -0.3 is 9.88 Å². The van der Waals surface area contributed by atoms with Gasteiger partial charge in [0.2, 0.25) is 0 Å². The van der Waals surface area contributed by atoms with Crippen molar-refractivity contribution >= 4 is 0 Å². The average molecular weight is 291 g/mol. The van der Waals surface area contributed by atoms with Gasteiger partial charge >= 0.3 is 0 Å². The molecule has 3 nitrogen and oxygen atoms in total. The minimum absolute atomic E-state index is 0.478. The molecule has 1 saturated carbocycles. The fraction of sp³-hybridized carbons (Fsp3) is 0.833. The molecule has 3 heteroatoms. The summed E-state index contributed by atoms with van der Waals surface area (Å²) in [7, 11) is 2.14. The molecule has 0 spiro atoms. The molecule has 0 amide bonds. The van der Waals surface area contributed by atoms with Gasteiger partial charge in [0, 0.05) is 31.4 Å². The number of nitrogens with zero attached hydrogens (tertiary/aromatic N) is 2. The third kappa shape index (κ3) is 3.88. The summed E-state index contributed by atoms with van der Waals surface area (Å²) >= 11 is 0. The first-order chi connectivity index (χ1) is 10.1. The number of imidazole rings is 1. The number of aromatic nitrogens is 2. The standard InChI is InChI=1S/C18H33N3/c1-5-11-21-12-10-20-17(21)13-16(19-4)18(14-15(2)3)8-6-7-9-18/h10,12,15-16,19H,5-9,11,13-14H2,1-4H3. The summed E-state index contributed by atoms with van der Waals surface area (Å²) < 4.78 is 2.34. The molecule has 1 atom stereocenters. The second-order valence-corrected chi connectivity index (χ2v) is 7.25. The van der Waals surface area contributed by atoms with Crippen LogP contribution in [0.2, 0.25) is 0 Å². The Kier molecular flexibility index (Phi) is 5.86. The molecule has 1 aromatic rings. The minimum Gasteiger partial charge on any atom is -0.335 e. The van der Waals surface area contributed by atoms with Crippen molar-refractivity contribution in [3.8, 4) is 0 Å². The maximum absolute atomic E-state index is 4.63. The molecule has 1 unspecified atom stereocenters. The molecule has 0 aromatic carbocycles. The van der Waals surface area contributed by atoms with E-state index in [2.05, 4.69) is 48.9 Å². The Morgan fingerprint density at radius 3 is 2.62 bits per heavy atom. The van der Waals surface area contributed by atoms with Gasteiger partial charge in [0.25, 0.3) is 0 Å². The maximum Gasteiger partial charge on any atom is 0.110 e. The molecule has 1 heterocycles. The average Bonchev–Trinajstić information content (AvgIpc) is 3.06. The Morgan fingerprint density at radius 2 is 2.05 bits per heavy atom. The predicted molar refractivity (Wildman–Crippen MR) is 89.4 cm³/mol. The molecule has 1 aliphatic rings. The normalized spacial score (nSPS) is 19.3. The van der Waals surface area contributed by atoms with E-state index in [4.69, 9.17) is 0 Å². The molecule has 0 saturated heterocycles. The van der Waals surface area contributed by atoms with E-state index in [9.17, 15) is 0 Å². The first kappa shape index (κ1) is 16.5. The van der Waals surface area contributed by atoms with Crippen LogP contribution < -0.4 is 5.32 Å². The molecular formula is C18H33N3. The highest BCUT2D eigenvalue weighted by Gasteiger charge is 2.41. The summed E-state index contributed by atoms with van der Waals surface area (Å²) in [5.74, 6) is 2.03. The van der Waals surface area contributed by atoms with Crippen LogP contribution in [0.15, 0.2) is 12.4 Å². The fourth-order valence-electron chi connectivity index (χ4n) is 4.37. The Labute approximate surface area is 130 Å². The van der Waals surface area contributed by atoms with Crippen LogP contribution in [0.5, 0.6) is 0 Å². The second-order valence-electron chi connectivity index (χ2n) is 7.25. The van der Waals surface area contributed by atoms with Crippen molar-refractivity contribution in [2.24, 2.45) is 11.3 Å². The van der Waals surface area contributed by atoms with Crippen LogP contribution in [-0.2, 0) is 13.0 Å².